The first-order valence-corrected chi connectivity index (χ1v) is 9.45. The van der Waals surface area contributed by atoms with Crippen LogP contribution in [-0.4, -0.2) is 48.5 Å². The standard InChI is InChI=1S/C25H34FN3O2/c1-19(2)18-31-24-10-6-20(7-11-24)16-27-25(30)29(23-12-14-28(3)15-13-23)17-21-4-8-22(26)9-5-21/h4-11,19,23H,12-18H2,1-3H3,(H,27,30)/i1D3,2D3,3D3,6D,7D,10D,11D,16D2,18D2,19D. The monoisotopic (exact) mass is 445 g/mol. The highest BCUT2D eigenvalue weighted by molar-refractivity contribution is 5.74. The number of benzene rings is 2. The molecule has 0 bridgehead atoms. The molecule has 1 saturated heterocycles. The average molecular weight is 446 g/mol. The summed E-state index contributed by atoms with van der Waals surface area (Å²) in [6.45, 7) is -17.3. The van der Waals surface area contributed by atoms with Gasteiger partial charge in [0.05, 0.1) is 17.5 Å². The molecule has 0 radical (unpaired) electrons. The molecule has 31 heavy (non-hydrogen) atoms. The number of ether oxygens (including phenoxy) is 1. The maximum Gasteiger partial charge on any atom is 0.318 e. The van der Waals surface area contributed by atoms with E-state index in [2.05, 4.69) is 0 Å². The molecule has 5 nitrogen and oxygen atoms in total. The van der Waals surface area contributed by atoms with Gasteiger partial charge in [-0.1, -0.05) is 37.9 Å². The lowest BCUT2D eigenvalue weighted by molar-refractivity contribution is 0.127. The van der Waals surface area contributed by atoms with Gasteiger partial charge in [-0.25, -0.2) is 9.18 Å². The van der Waals surface area contributed by atoms with Gasteiger partial charge in [-0.05, 0) is 74.1 Å². The molecule has 0 aromatic heterocycles. The number of urea groups is 1. The van der Waals surface area contributed by atoms with Gasteiger partial charge < -0.3 is 19.9 Å². The molecule has 3 rings (SSSR count). The van der Waals surface area contributed by atoms with Crippen molar-refractivity contribution in [2.45, 2.75) is 45.6 Å². The van der Waals surface area contributed by atoms with E-state index >= 15 is 0 Å². The number of carbonyl (C=O) groups excluding carboxylic acids is 1. The van der Waals surface area contributed by atoms with Gasteiger partial charge in [-0.15, -0.1) is 0 Å². The lowest BCUT2D eigenvalue weighted by Gasteiger charge is -2.37. The van der Waals surface area contributed by atoms with Gasteiger partial charge in [-0.2, -0.15) is 0 Å². The van der Waals surface area contributed by atoms with Crippen molar-refractivity contribution in [1.82, 2.24) is 15.1 Å². The molecular weight excluding hydrogens is 393 g/mol. The third kappa shape index (κ3) is 7.24. The summed E-state index contributed by atoms with van der Waals surface area (Å²) in [6, 6.07) is -1.66. The third-order valence-corrected chi connectivity index (χ3v) is 4.58. The number of nitrogens with zero attached hydrogens (tertiary/aromatic N) is 2. The second kappa shape index (κ2) is 11.1. The Balaban J connectivity index is 2.01. The van der Waals surface area contributed by atoms with Crippen LogP contribution in [0.2, 0.25) is 0 Å². The van der Waals surface area contributed by atoms with E-state index in [1.165, 1.54) is 21.9 Å². The summed E-state index contributed by atoms with van der Waals surface area (Å²) in [5.74, 6) is -5.85. The van der Waals surface area contributed by atoms with E-state index in [-0.39, 0.29) is 32.5 Å². The zero-order chi connectivity index (χ0) is 37.7. The van der Waals surface area contributed by atoms with Crippen LogP contribution in [0.1, 0.15) is 62.3 Å². The molecule has 2 aromatic rings. The third-order valence-electron chi connectivity index (χ3n) is 4.58. The van der Waals surface area contributed by atoms with E-state index in [0.717, 1.165) is 12.1 Å². The molecule has 1 aliphatic heterocycles. The van der Waals surface area contributed by atoms with Crippen molar-refractivity contribution in [2.75, 3.05) is 26.6 Å². The Morgan fingerprint density at radius 1 is 1.29 bits per heavy atom. The van der Waals surface area contributed by atoms with Crippen LogP contribution >= 0.6 is 0 Å². The molecule has 1 fully saturated rings. The molecule has 6 heteroatoms. The average Bonchev–Trinajstić information content (AvgIpc) is 2.95. The van der Waals surface area contributed by atoms with Crippen LogP contribution in [0.25, 0.3) is 0 Å². The minimum Gasteiger partial charge on any atom is -0.493 e. The van der Waals surface area contributed by atoms with Gasteiger partial charge in [0.2, 0.25) is 0 Å². The first kappa shape index (κ1) is 9.10. The fourth-order valence-electron chi connectivity index (χ4n) is 3.04. The largest absolute Gasteiger partial charge is 0.493 e. The number of rotatable bonds is 8. The summed E-state index contributed by atoms with van der Waals surface area (Å²) in [5.41, 5.74) is -0.624. The molecule has 0 atom stereocenters. The molecule has 2 amide bonds. The summed E-state index contributed by atoms with van der Waals surface area (Å²) in [4.78, 5) is 16.1. The van der Waals surface area contributed by atoms with Crippen molar-refractivity contribution >= 4 is 6.03 Å². The number of hydrogen-bond donors (Lipinski definition) is 1. The Hall–Kier alpha value is -2.60. The van der Waals surface area contributed by atoms with E-state index in [9.17, 15) is 9.18 Å². The Bertz CT molecular complexity index is 1480. The molecule has 1 N–H and O–H groups in total. The van der Waals surface area contributed by atoms with Crippen LogP contribution in [0.15, 0.2) is 48.4 Å². The number of halogens is 1. The number of amides is 2. The Morgan fingerprint density at radius 3 is 2.65 bits per heavy atom. The second-order valence-electron chi connectivity index (χ2n) is 6.81. The minimum absolute atomic E-state index is 0.0531. The predicted octanol–water partition coefficient (Wildman–Crippen LogP) is 4.67. The lowest BCUT2D eigenvalue weighted by atomic mass is 10.0. The van der Waals surface area contributed by atoms with Crippen molar-refractivity contribution in [2.24, 2.45) is 5.89 Å². The molecule has 0 unspecified atom stereocenters. The smallest absolute Gasteiger partial charge is 0.318 e. The Labute approximate surface area is 210 Å². The number of likely N-dealkylation sites (tertiary alicyclic amines) is 1. The van der Waals surface area contributed by atoms with E-state index < -0.39 is 93.0 Å². The molecular formula is C25H34FN3O2. The van der Waals surface area contributed by atoms with Crippen molar-refractivity contribution in [3.63, 3.8) is 0 Å². The highest BCUT2D eigenvalue weighted by Crippen LogP contribution is 2.19. The highest BCUT2D eigenvalue weighted by atomic mass is 19.1. The van der Waals surface area contributed by atoms with Gasteiger partial charge >= 0.3 is 6.03 Å². The maximum absolute atomic E-state index is 13.7. The van der Waals surface area contributed by atoms with Crippen LogP contribution in [0, 0.1) is 11.7 Å². The summed E-state index contributed by atoms with van der Waals surface area (Å²) < 4.78 is 161. The first-order valence-electron chi connectivity index (χ1n) is 18.4. The Kier molecular flexibility index (Phi) is 3.27. The van der Waals surface area contributed by atoms with Gasteiger partial charge in [0.15, 0.2) is 0 Å². The highest BCUT2D eigenvalue weighted by Gasteiger charge is 2.27. The zero-order valence-corrected chi connectivity index (χ0v) is 16.5. The van der Waals surface area contributed by atoms with E-state index in [1.807, 2.05) is 5.32 Å². The fraction of sp³-hybridized carbons (Fsp3) is 0.480. The lowest BCUT2D eigenvalue weighted by Crippen LogP contribution is -2.49. The molecule has 2 aromatic carbocycles. The zero-order valence-electron chi connectivity index (χ0n) is 34.5. The summed E-state index contributed by atoms with van der Waals surface area (Å²) in [5, 5.41) is 2.03. The Morgan fingerprint density at radius 2 is 2.00 bits per heavy atom. The van der Waals surface area contributed by atoms with E-state index in [4.69, 9.17) is 29.4 Å². The molecule has 168 valence electrons. The normalized spacial score (nSPS) is 26.1. The predicted molar refractivity (Wildman–Crippen MR) is 121 cm³/mol. The van der Waals surface area contributed by atoms with Gasteiger partial charge in [0.1, 0.15) is 11.6 Å². The first-order chi connectivity index (χ1) is 22.1. The van der Waals surface area contributed by atoms with Crippen LogP contribution in [0.5, 0.6) is 5.75 Å². The van der Waals surface area contributed by atoms with Crippen molar-refractivity contribution in [3.05, 3.63) is 65.4 Å². The van der Waals surface area contributed by atoms with Gasteiger partial charge in [0, 0.05) is 32.8 Å². The second-order valence-corrected chi connectivity index (χ2v) is 6.81. The molecule has 1 heterocycles. The summed E-state index contributed by atoms with van der Waals surface area (Å²) in [6.07, 6.45) is 0.296. The SMILES string of the molecule is [2H]c1c([2H])c(C([2H])([2H])NC(=O)N(Cc2ccc(F)cc2)C2CCN(C([2H])([2H])[2H])CC2)c([2H])c([2H])c1OC([2H])([2H])C([2H])(C([2H])([2H])[2H])C([2H])([2H])[2H]. The van der Waals surface area contributed by atoms with Crippen LogP contribution in [0.4, 0.5) is 9.18 Å². The van der Waals surface area contributed by atoms with Crippen molar-refractivity contribution in [3.8, 4) is 5.75 Å². The summed E-state index contributed by atoms with van der Waals surface area (Å²) >= 11 is 0. The van der Waals surface area contributed by atoms with E-state index in [0.29, 0.717) is 5.56 Å². The minimum atomic E-state index is -3.98. The quantitative estimate of drug-likeness (QED) is 0.642. The summed E-state index contributed by atoms with van der Waals surface area (Å²) in [7, 11) is 0. The topological polar surface area (TPSA) is 44.8 Å². The fourth-order valence-corrected chi connectivity index (χ4v) is 3.04. The van der Waals surface area contributed by atoms with Gasteiger partial charge in [-0.3, -0.25) is 0 Å². The van der Waals surface area contributed by atoms with E-state index in [1.54, 1.807) is 0 Å². The number of piperidine rings is 1. The number of nitrogens with one attached hydrogen (secondary N) is 1. The molecule has 0 aliphatic carbocycles. The molecule has 0 spiro atoms. The van der Waals surface area contributed by atoms with Crippen molar-refractivity contribution in [1.29, 1.82) is 0 Å². The number of hydrogen-bond acceptors (Lipinski definition) is 3. The van der Waals surface area contributed by atoms with Crippen LogP contribution in [0.3, 0.4) is 0 Å². The van der Waals surface area contributed by atoms with Crippen LogP contribution in [-0.2, 0) is 13.0 Å². The molecule has 0 saturated carbocycles. The van der Waals surface area contributed by atoms with Crippen LogP contribution < -0.4 is 10.1 Å². The molecule has 1 aliphatic rings. The van der Waals surface area contributed by atoms with Crippen molar-refractivity contribution < 1.29 is 38.6 Å². The number of carbonyl (C=O) groups is 1. The van der Waals surface area contributed by atoms with Gasteiger partial charge in [0.25, 0.3) is 0 Å². The maximum atomic E-state index is 13.7.